The highest BCUT2D eigenvalue weighted by Crippen LogP contribution is 2.58. The van der Waals surface area contributed by atoms with Gasteiger partial charge in [-0.3, -0.25) is 9.36 Å². The van der Waals surface area contributed by atoms with Gasteiger partial charge in [-0.25, -0.2) is 9.46 Å². The number of hydrogen-bond donors (Lipinski definition) is 1. The second-order valence-corrected chi connectivity index (χ2v) is 15.9. The molecular formula is C44H47N4O8P. The molecule has 8 rings (SSSR count). The molecule has 3 aliphatic heterocycles. The van der Waals surface area contributed by atoms with Crippen molar-refractivity contribution in [1.82, 2.24) is 14.2 Å². The number of nitrogens with zero attached hydrogens (tertiary/aromatic N) is 3. The molecule has 1 amide bonds. The van der Waals surface area contributed by atoms with Crippen molar-refractivity contribution < 1.29 is 32.8 Å². The zero-order valence-corrected chi connectivity index (χ0v) is 33.1. The van der Waals surface area contributed by atoms with E-state index in [1.807, 2.05) is 72.8 Å². The number of benzene rings is 4. The first-order chi connectivity index (χ1) is 27.8. The first-order valence-corrected chi connectivity index (χ1v) is 20.4. The second kappa shape index (κ2) is 17.3. The average Bonchev–Trinajstić information content (AvgIpc) is 3.96. The molecule has 6 atom stereocenters. The second-order valence-electron chi connectivity index (χ2n) is 14.5. The lowest BCUT2D eigenvalue weighted by Gasteiger charge is -2.37. The van der Waals surface area contributed by atoms with Gasteiger partial charge in [-0.1, -0.05) is 84.9 Å². The van der Waals surface area contributed by atoms with Crippen LogP contribution in [0.4, 0.5) is 5.82 Å². The Balaban J connectivity index is 1.14. The largest absolute Gasteiger partial charge is 0.497 e. The van der Waals surface area contributed by atoms with E-state index in [0.717, 1.165) is 54.0 Å². The van der Waals surface area contributed by atoms with Crippen LogP contribution in [0, 0.1) is 0 Å². The number of ether oxygens (including phenoxy) is 4. The highest BCUT2D eigenvalue weighted by Gasteiger charge is 2.50. The van der Waals surface area contributed by atoms with Crippen LogP contribution >= 0.6 is 8.53 Å². The van der Waals surface area contributed by atoms with Gasteiger partial charge in [0, 0.05) is 38.5 Å². The highest BCUT2D eigenvalue weighted by atomic mass is 31.2. The first-order valence-electron chi connectivity index (χ1n) is 19.3. The summed E-state index contributed by atoms with van der Waals surface area (Å²) in [5, 5.41) is 2.59. The molecule has 0 radical (unpaired) electrons. The number of nitrogens with one attached hydrogen (secondary N) is 1. The molecule has 13 heteroatoms. The number of carbonyl (C=O) groups is 1. The van der Waals surface area contributed by atoms with Gasteiger partial charge in [0.15, 0.2) is 0 Å². The van der Waals surface area contributed by atoms with Gasteiger partial charge in [0.1, 0.15) is 35.2 Å². The number of anilines is 1. The normalized spacial score (nSPS) is 23.3. The van der Waals surface area contributed by atoms with Crippen molar-refractivity contribution in [2.24, 2.45) is 0 Å². The summed E-state index contributed by atoms with van der Waals surface area (Å²) in [6.07, 6.45) is 3.03. The summed E-state index contributed by atoms with van der Waals surface area (Å²) in [5.74, 6) is 1.30. The lowest BCUT2D eigenvalue weighted by molar-refractivity contribution is -0.114. The quantitative estimate of drug-likeness (QED) is 0.0911. The number of carbonyl (C=O) groups excluding carboxylic acids is 1. The molecule has 0 saturated carbocycles. The molecule has 0 aliphatic carbocycles. The Bertz CT molecular complexity index is 2130. The van der Waals surface area contributed by atoms with Crippen molar-refractivity contribution in [2.75, 3.05) is 32.7 Å². The van der Waals surface area contributed by atoms with Crippen LogP contribution in [0.25, 0.3) is 0 Å². The zero-order valence-electron chi connectivity index (χ0n) is 32.2. The molecule has 3 fully saturated rings. The fraction of sp³-hybridized carbons (Fsp3) is 0.341. The third-order valence-electron chi connectivity index (χ3n) is 10.9. The van der Waals surface area contributed by atoms with Crippen LogP contribution in [0.5, 0.6) is 11.5 Å². The molecule has 4 aromatic carbocycles. The van der Waals surface area contributed by atoms with Crippen molar-refractivity contribution in [3.8, 4) is 11.5 Å². The van der Waals surface area contributed by atoms with Crippen molar-refractivity contribution in [3.05, 3.63) is 154 Å². The topological polar surface area (TPSA) is 123 Å². The first kappa shape index (κ1) is 38.9. The molecule has 296 valence electrons. The summed E-state index contributed by atoms with van der Waals surface area (Å²) in [5.41, 5.74) is 2.26. The molecule has 5 aromatic rings. The summed E-state index contributed by atoms with van der Waals surface area (Å²) in [6, 6.07) is 38.1. The zero-order chi connectivity index (χ0) is 39.4. The number of methoxy groups -OCH3 is 2. The van der Waals surface area contributed by atoms with Gasteiger partial charge in [0.25, 0.3) is 8.53 Å². The summed E-state index contributed by atoms with van der Waals surface area (Å²) in [6.45, 7) is 2.36. The van der Waals surface area contributed by atoms with E-state index in [0.29, 0.717) is 6.42 Å². The Hall–Kier alpha value is -4.94. The van der Waals surface area contributed by atoms with Crippen LogP contribution in [-0.4, -0.2) is 71.9 Å². The van der Waals surface area contributed by atoms with Crippen molar-refractivity contribution in [1.29, 1.82) is 0 Å². The molecule has 57 heavy (non-hydrogen) atoms. The number of amides is 1. The minimum atomic E-state index is -1.43. The summed E-state index contributed by atoms with van der Waals surface area (Å²) < 4.78 is 42.8. The van der Waals surface area contributed by atoms with Gasteiger partial charge in [-0.15, -0.1) is 0 Å². The number of aromatic nitrogens is 2. The number of fused-ring (bicyclic) bond motifs is 1. The molecule has 0 unspecified atom stereocenters. The van der Waals surface area contributed by atoms with Gasteiger partial charge in [-0.2, -0.15) is 4.98 Å². The molecule has 3 saturated heterocycles. The highest BCUT2D eigenvalue weighted by molar-refractivity contribution is 7.45. The fourth-order valence-corrected chi connectivity index (χ4v) is 10.1. The third-order valence-corrected chi connectivity index (χ3v) is 12.7. The Labute approximate surface area is 333 Å². The summed E-state index contributed by atoms with van der Waals surface area (Å²) in [4.78, 5) is 29.2. The van der Waals surface area contributed by atoms with E-state index >= 15 is 0 Å². The van der Waals surface area contributed by atoms with Gasteiger partial charge in [0.05, 0.1) is 33.0 Å². The van der Waals surface area contributed by atoms with E-state index in [1.54, 1.807) is 26.5 Å². The van der Waals surface area contributed by atoms with Crippen molar-refractivity contribution in [2.45, 2.75) is 68.8 Å². The van der Waals surface area contributed by atoms with Crippen LogP contribution in [0.3, 0.4) is 0 Å². The molecule has 1 aromatic heterocycles. The number of hydrogen-bond acceptors (Lipinski definition) is 10. The van der Waals surface area contributed by atoms with Crippen LogP contribution in [0.2, 0.25) is 0 Å². The molecule has 0 bridgehead atoms. The monoisotopic (exact) mass is 790 g/mol. The van der Waals surface area contributed by atoms with Crippen LogP contribution in [0.15, 0.2) is 126 Å². The van der Waals surface area contributed by atoms with E-state index in [4.69, 9.17) is 28.0 Å². The average molecular weight is 791 g/mol. The Morgan fingerprint density at radius 1 is 0.860 bits per heavy atom. The predicted molar refractivity (Wildman–Crippen MR) is 216 cm³/mol. The Morgan fingerprint density at radius 2 is 1.49 bits per heavy atom. The lowest BCUT2D eigenvalue weighted by Crippen LogP contribution is -2.38. The third kappa shape index (κ3) is 8.25. The minimum absolute atomic E-state index is 0.00200. The number of rotatable bonds is 14. The standard InChI is InChI=1S/C44H47N4O8P/c1-30(49)45-41-24-26-47(43(50)46-41)42-28-39(56-57-48-25-10-15-37(48)38(55-57)27-31-11-6-4-7-12-31)40(54-42)29-53-44(32-13-8-5-9-14-32,33-16-20-35(51-2)21-17-33)34-18-22-36(52-3)23-19-34/h4-9,11-14,16-24,26,37-40,42H,10,15,25,27-29H2,1-3H3,(H,45,46,49,50)/t37-,38+,39-,40+,42+,57+/m0/s1. The maximum absolute atomic E-state index is 13.4. The molecule has 3 aliphatic rings. The maximum atomic E-state index is 13.4. The van der Waals surface area contributed by atoms with Gasteiger partial charge >= 0.3 is 5.69 Å². The Kier molecular flexibility index (Phi) is 11.8. The van der Waals surface area contributed by atoms with E-state index in [9.17, 15) is 9.59 Å². The van der Waals surface area contributed by atoms with Gasteiger partial charge in [0.2, 0.25) is 5.91 Å². The van der Waals surface area contributed by atoms with Gasteiger partial charge in [-0.05, 0) is 65.4 Å². The van der Waals surface area contributed by atoms with E-state index in [1.165, 1.54) is 17.1 Å². The van der Waals surface area contributed by atoms with Crippen LogP contribution < -0.4 is 20.5 Å². The molecule has 4 heterocycles. The van der Waals surface area contributed by atoms with Crippen LogP contribution in [-0.2, 0) is 35.3 Å². The molecule has 1 N–H and O–H groups in total. The maximum Gasteiger partial charge on any atom is 0.351 e. The Morgan fingerprint density at radius 3 is 2.11 bits per heavy atom. The minimum Gasteiger partial charge on any atom is -0.497 e. The molecule has 0 spiro atoms. The summed E-state index contributed by atoms with van der Waals surface area (Å²) >= 11 is 0. The summed E-state index contributed by atoms with van der Waals surface area (Å²) in [7, 11) is 1.86. The molecule has 12 nitrogen and oxygen atoms in total. The van der Waals surface area contributed by atoms with Crippen molar-refractivity contribution >= 4 is 20.3 Å². The van der Waals surface area contributed by atoms with E-state index in [-0.39, 0.29) is 30.5 Å². The van der Waals surface area contributed by atoms with E-state index in [2.05, 4.69) is 51.4 Å². The lowest BCUT2D eigenvalue weighted by atomic mass is 9.80. The molecular weight excluding hydrogens is 743 g/mol. The SMILES string of the molecule is COc1ccc(C(OC[C@H]2O[C@@H](n3ccc(NC(C)=O)nc3=O)C[C@@H]2O[P@@]2O[C@H](Cc3ccccc3)[C@@H]3CCCN32)(c2ccccc2)c2ccc(OC)cc2)cc1. The van der Waals surface area contributed by atoms with Gasteiger partial charge < -0.3 is 33.3 Å². The van der Waals surface area contributed by atoms with Crippen LogP contribution in [0.1, 0.15) is 54.7 Å². The van der Waals surface area contributed by atoms with E-state index < -0.39 is 38.3 Å². The fourth-order valence-electron chi connectivity index (χ4n) is 8.12. The predicted octanol–water partition coefficient (Wildman–Crippen LogP) is 7.23. The van der Waals surface area contributed by atoms with Crippen molar-refractivity contribution in [3.63, 3.8) is 0 Å². The smallest absolute Gasteiger partial charge is 0.351 e.